The highest BCUT2D eigenvalue weighted by molar-refractivity contribution is 7.47. The Balaban J connectivity index is 2.63. The largest absolute Gasteiger partial charge is 0.472 e. The molecule has 0 heterocycles. The molecule has 5 unspecified atom stereocenters. The average molecular weight is 983 g/mol. The van der Waals surface area contributed by atoms with Crippen LogP contribution in [0.15, 0.2) is 48.6 Å². The SMILES string of the molecule is CCCCCCCCCCCCCCCCCC(=O)O[C@H](COC(=O)CCC/C=C\C/C=C\C/C=C\C/C=C\[C@@H](O)CCCC)COP(=O)(O)O[C@H]1C(O)C(O)C(O)[C@@H](OP(=O)(O)O)C1O. The lowest BCUT2D eigenvalue weighted by Gasteiger charge is -2.43. The molecule has 0 spiro atoms. The van der Waals surface area contributed by atoms with Crippen molar-refractivity contribution in [3.05, 3.63) is 48.6 Å². The number of unbranched alkanes of at least 4 members (excludes halogenated alkanes) is 16. The Hall–Kier alpha value is -2.08. The Morgan fingerprint density at radius 2 is 1.02 bits per heavy atom. The number of esters is 2. The van der Waals surface area contributed by atoms with Crippen LogP contribution in [0.25, 0.3) is 0 Å². The lowest BCUT2D eigenvalue weighted by atomic mass is 9.85. The minimum absolute atomic E-state index is 0.0263. The molecule has 0 bridgehead atoms. The second-order valence-electron chi connectivity index (χ2n) is 17.0. The Morgan fingerprint density at radius 3 is 1.55 bits per heavy atom. The number of aliphatic hydroxyl groups excluding tert-OH is 5. The van der Waals surface area contributed by atoms with Crippen molar-refractivity contribution in [1.82, 2.24) is 0 Å². The van der Waals surface area contributed by atoms with Crippen molar-refractivity contribution >= 4 is 27.6 Å². The number of carbonyl (C=O) groups is 2. The summed E-state index contributed by atoms with van der Waals surface area (Å²) in [6, 6.07) is 0. The van der Waals surface area contributed by atoms with E-state index in [1.54, 1.807) is 0 Å². The maximum Gasteiger partial charge on any atom is 0.472 e. The molecule has 66 heavy (non-hydrogen) atoms. The molecule has 19 heteroatoms. The number of hydrogen-bond donors (Lipinski definition) is 8. The van der Waals surface area contributed by atoms with Gasteiger partial charge in [-0.05, 0) is 44.9 Å². The first-order valence-electron chi connectivity index (χ1n) is 24.3. The van der Waals surface area contributed by atoms with E-state index in [1.165, 1.54) is 64.2 Å². The van der Waals surface area contributed by atoms with Crippen LogP contribution in [0.4, 0.5) is 0 Å². The minimum atomic E-state index is -5.37. The predicted octanol–water partition coefficient (Wildman–Crippen LogP) is 8.26. The van der Waals surface area contributed by atoms with E-state index in [1.807, 2.05) is 42.5 Å². The fourth-order valence-corrected chi connectivity index (χ4v) is 8.69. The molecule has 0 aromatic rings. The molecule has 9 atom stereocenters. The van der Waals surface area contributed by atoms with Gasteiger partial charge >= 0.3 is 27.6 Å². The lowest BCUT2D eigenvalue weighted by molar-refractivity contribution is -0.216. The van der Waals surface area contributed by atoms with E-state index in [2.05, 4.69) is 24.4 Å². The van der Waals surface area contributed by atoms with Gasteiger partial charge in [-0.2, -0.15) is 0 Å². The van der Waals surface area contributed by atoms with Crippen molar-refractivity contribution in [2.45, 2.75) is 223 Å². The predicted molar refractivity (Wildman–Crippen MR) is 252 cm³/mol. The van der Waals surface area contributed by atoms with Gasteiger partial charge in [-0.1, -0.05) is 165 Å². The standard InChI is InChI=1S/C47H84O17P2/c1-3-5-7-8-9-10-11-12-13-14-19-22-25-28-31-35-41(50)62-39(37-61-66(58,59)64-47-44(53)42(51)43(52)46(45(47)54)63-65(55,56)57)36-60-40(49)34-30-27-24-21-18-16-15-17-20-23-26-29-33-38(48)32-6-4-2/h15-16,20-21,23-24,29,33,38-39,42-48,51-54H,3-14,17-19,22,25-28,30-32,34-37H2,1-2H3,(H,58,59)(H2,55,56,57)/b16-15-,23-20-,24-21-,33-29-/t38-,39+,42?,43?,44?,45?,46+,47-/m0/s1. The van der Waals surface area contributed by atoms with Crippen LogP contribution in [0.1, 0.15) is 174 Å². The van der Waals surface area contributed by atoms with E-state index in [4.69, 9.17) is 18.5 Å². The first-order chi connectivity index (χ1) is 31.5. The van der Waals surface area contributed by atoms with Crippen LogP contribution in [-0.4, -0.2) is 114 Å². The Labute approximate surface area is 393 Å². The van der Waals surface area contributed by atoms with Gasteiger partial charge in [0.1, 0.15) is 43.2 Å². The van der Waals surface area contributed by atoms with Crippen LogP contribution in [0.3, 0.4) is 0 Å². The number of ether oxygens (including phenoxy) is 2. The summed E-state index contributed by atoms with van der Waals surface area (Å²) in [7, 11) is -10.7. The second-order valence-corrected chi connectivity index (χ2v) is 19.6. The maximum atomic E-state index is 13.0. The first-order valence-corrected chi connectivity index (χ1v) is 27.3. The summed E-state index contributed by atoms with van der Waals surface area (Å²) in [5, 5.41) is 51.1. The molecule has 1 saturated carbocycles. The van der Waals surface area contributed by atoms with Crippen LogP contribution in [-0.2, 0) is 41.8 Å². The highest BCUT2D eigenvalue weighted by Crippen LogP contribution is 2.49. The van der Waals surface area contributed by atoms with Crippen LogP contribution < -0.4 is 0 Å². The van der Waals surface area contributed by atoms with E-state index < -0.39 is 83.5 Å². The fourth-order valence-electron chi connectivity index (χ4n) is 7.15. The number of allylic oxidation sites excluding steroid dienone is 7. The summed E-state index contributed by atoms with van der Waals surface area (Å²) in [6.07, 6.45) is 24.0. The van der Waals surface area contributed by atoms with Gasteiger partial charge in [0.05, 0.1) is 12.7 Å². The van der Waals surface area contributed by atoms with E-state index in [-0.39, 0.29) is 18.9 Å². The molecule has 0 aromatic carbocycles. The van der Waals surface area contributed by atoms with Crippen molar-refractivity contribution in [1.29, 1.82) is 0 Å². The smallest absolute Gasteiger partial charge is 0.462 e. The normalized spacial score (nSPS) is 22.4. The third kappa shape index (κ3) is 31.9. The Bertz CT molecular complexity index is 1480. The summed E-state index contributed by atoms with van der Waals surface area (Å²) >= 11 is 0. The van der Waals surface area contributed by atoms with Gasteiger partial charge in [0, 0.05) is 12.8 Å². The zero-order chi connectivity index (χ0) is 49.1. The van der Waals surface area contributed by atoms with Crippen LogP contribution >= 0.6 is 15.6 Å². The van der Waals surface area contributed by atoms with Gasteiger partial charge in [0.15, 0.2) is 6.10 Å². The molecule has 384 valence electrons. The summed E-state index contributed by atoms with van der Waals surface area (Å²) in [6.45, 7) is 2.91. The monoisotopic (exact) mass is 983 g/mol. The topological polar surface area (TPSA) is 276 Å². The summed E-state index contributed by atoms with van der Waals surface area (Å²) in [4.78, 5) is 54.3. The fraction of sp³-hybridized carbons (Fsp3) is 0.787. The molecule has 1 fully saturated rings. The van der Waals surface area contributed by atoms with Gasteiger partial charge in [0.2, 0.25) is 0 Å². The van der Waals surface area contributed by atoms with Gasteiger partial charge in [-0.25, -0.2) is 9.13 Å². The first kappa shape index (κ1) is 61.9. The number of hydrogen-bond acceptors (Lipinski definition) is 14. The summed E-state index contributed by atoms with van der Waals surface area (Å²) < 4.78 is 49.3. The number of phosphoric acid groups is 2. The lowest BCUT2D eigenvalue weighted by Crippen LogP contribution is -2.64. The molecular formula is C47H84O17P2. The summed E-state index contributed by atoms with van der Waals surface area (Å²) in [5.41, 5.74) is 0. The van der Waals surface area contributed by atoms with Crippen LogP contribution in [0.2, 0.25) is 0 Å². The molecule has 1 aliphatic rings. The van der Waals surface area contributed by atoms with Crippen molar-refractivity contribution in [2.24, 2.45) is 0 Å². The van der Waals surface area contributed by atoms with Crippen LogP contribution in [0, 0.1) is 0 Å². The summed E-state index contributed by atoms with van der Waals surface area (Å²) in [5.74, 6) is -1.29. The molecule has 17 nitrogen and oxygen atoms in total. The number of carbonyl (C=O) groups excluding carboxylic acids is 2. The number of phosphoric ester groups is 2. The van der Waals surface area contributed by atoms with E-state index in [0.717, 1.165) is 64.2 Å². The molecule has 8 N–H and O–H groups in total. The third-order valence-electron chi connectivity index (χ3n) is 11.0. The number of aliphatic hydroxyl groups is 5. The molecular weight excluding hydrogens is 898 g/mol. The molecule has 1 rings (SSSR count). The Kier molecular flexibility index (Phi) is 35.4. The van der Waals surface area contributed by atoms with Gasteiger partial charge < -0.3 is 49.7 Å². The minimum Gasteiger partial charge on any atom is -0.462 e. The second kappa shape index (κ2) is 37.8. The van der Waals surface area contributed by atoms with Crippen molar-refractivity contribution in [3.8, 4) is 0 Å². The van der Waals surface area contributed by atoms with E-state index in [0.29, 0.717) is 19.3 Å². The van der Waals surface area contributed by atoms with E-state index in [9.17, 15) is 58.9 Å². The quantitative estimate of drug-likeness (QED) is 0.0124. The maximum absolute atomic E-state index is 13.0. The van der Waals surface area contributed by atoms with Crippen molar-refractivity contribution < 1.29 is 82.0 Å². The molecule has 0 aromatic heterocycles. The third-order valence-corrected chi connectivity index (χ3v) is 12.5. The van der Waals surface area contributed by atoms with Gasteiger partial charge in [-0.15, -0.1) is 0 Å². The zero-order valence-electron chi connectivity index (χ0n) is 39.5. The molecule has 0 aliphatic heterocycles. The Morgan fingerprint density at radius 1 is 0.545 bits per heavy atom. The highest BCUT2D eigenvalue weighted by Gasteiger charge is 2.54. The number of rotatable bonds is 40. The zero-order valence-corrected chi connectivity index (χ0v) is 41.3. The van der Waals surface area contributed by atoms with Gasteiger partial charge in [0.25, 0.3) is 0 Å². The molecule has 0 radical (unpaired) electrons. The molecule has 1 aliphatic carbocycles. The van der Waals surface area contributed by atoms with Crippen LogP contribution in [0.5, 0.6) is 0 Å². The van der Waals surface area contributed by atoms with Gasteiger partial charge in [-0.3, -0.25) is 23.2 Å². The highest BCUT2D eigenvalue weighted by atomic mass is 31.2. The molecule has 0 amide bonds. The molecule has 0 saturated heterocycles. The average Bonchev–Trinajstić information content (AvgIpc) is 3.27. The van der Waals surface area contributed by atoms with E-state index >= 15 is 0 Å². The van der Waals surface area contributed by atoms with Crippen molar-refractivity contribution in [2.75, 3.05) is 13.2 Å². The van der Waals surface area contributed by atoms with Crippen molar-refractivity contribution in [3.63, 3.8) is 0 Å².